The number of fused-ring (bicyclic) bond motifs is 1. The molecule has 2 nitrogen and oxygen atoms in total. The van der Waals surface area contributed by atoms with Crippen molar-refractivity contribution in [1.29, 1.82) is 0 Å². The van der Waals surface area contributed by atoms with Crippen LogP contribution in [0.5, 0.6) is 0 Å². The molecule has 0 aliphatic heterocycles. The van der Waals surface area contributed by atoms with Gasteiger partial charge in [0.05, 0.1) is 0 Å². The van der Waals surface area contributed by atoms with E-state index in [-0.39, 0.29) is 4.87 Å². The Morgan fingerprint density at radius 2 is 2.19 bits per heavy atom. The summed E-state index contributed by atoms with van der Waals surface area (Å²) in [5.74, 6) is 0. The molecule has 0 amide bonds. The second-order valence-electron chi connectivity index (χ2n) is 3.96. The summed E-state index contributed by atoms with van der Waals surface area (Å²) in [6.45, 7) is 2.21. The van der Waals surface area contributed by atoms with Gasteiger partial charge in [-0.2, -0.15) is 0 Å². The van der Waals surface area contributed by atoms with E-state index in [2.05, 4.69) is 24.0 Å². The summed E-state index contributed by atoms with van der Waals surface area (Å²) in [5.41, 5.74) is 1.34. The topological polar surface area (TPSA) is 30.0 Å². The zero-order valence-electron chi connectivity index (χ0n) is 9.40. The van der Waals surface area contributed by atoms with Gasteiger partial charge >= 0.3 is 4.87 Å². The third-order valence-corrected chi connectivity index (χ3v) is 3.52. The van der Waals surface area contributed by atoms with E-state index in [1.807, 2.05) is 6.07 Å². The fourth-order valence-corrected chi connectivity index (χ4v) is 2.43. The van der Waals surface area contributed by atoms with E-state index < -0.39 is 0 Å². The Balaban J connectivity index is 2.23. The van der Waals surface area contributed by atoms with Crippen molar-refractivity contribution >= 4 is 21.4 Å². The van der Waals surface area contributed by atoms with Crippen LogP contribution >= 0.6 is 11.3 Å². The van der Waals surface area contributed by atoms with Gasteiger partial charge in [-0.3, -0.25) is 4.79 Å². The van der Waals surface area contributed by atoms with Gasteiger partial charge in [-0.25, -0.2) is 4.98 Å². The Hall–Kier alpha value is -1.22. The van der Waals surface area contributed by atoms with Gasteiger partial charge in [0.15, 0.2) is 0 Å². The van der Waals surface area contributed by atoms with Crippen LogP contribution in [0.3, 0.4) is 0 Å². The first-order chi connectivity index (χ1) is 7.79. The second-order valence-corrected chi connectivity index (χ2v) is 4.95. The quantitative estimate of drug-likeness (QED) is 0.758. The molecule has 0 atom stereocenters. The average molecular weight is 233 g/mol. The Morgan fingerprint density at radius 1 is 1.31 bits per heavy atom. The summed E-state index contributed by atoms with van der Waals surface area (Å²) in [5, 5.41) is 1.08. The third kappa shape index (κ3) is 2.67. The number of nitrogens with zero attached hydrogens (tertiary/aromatic N) is 1. The van der Waals surface area contributed by atoms with Gasteiger partial charge in [0.25, 0.3) is 0 Å². The van der Waals surface area contributed by atoms with Crippen LogP contribution in [0, 0.1) is 0 Å². The highest BCUT2D eigenvalue weighted by atomic mass is 32.1. The minimum absolute atomic E-state index is 0.119. The monoisotopic (exact) mass is 233 g/mol. The number of hydrogen-bond donors (Lipinski definition) is 0. The fourth-order valence-electron chi connectivity index (χ4n) is 1.77. The van der Waals surface area contributed by atoms with E-state index in [1.165, 1.54) is 36.2 Å². The van der Waals surface area contributed by atoms with Crippen molar-refractivity contribution in [3.8, 4) is 0 Å². The van der Waals surface area contributed by atoms with E-state index in [9.17, 15) is 4.79 Å². The maximum absolute atomic E-state index is 11.1. The molecule has 0 saturated carbocycles. The minimum Gasteiger partial charge on any atom is -0.255 e. The maximum atomic E-state index is 11.1. The highest BCUT2D eigenvalue weighted by Gasteiger charge is 1.98. The van der Waals surface area contributed by atoms with E-state index >= 15 is 0 Å². The first-order valence-electron chi connectivity index (χ1n) is 5.68. The molecular weight excluding hydrogens is 218 g/mol. The number of rotatable bonds is 4. The first kappa shape index (κ1) is 11.3. The summed E-state index contributed by atoms with van der Waals surface area (Å²) >= 11 is 1.21. The zero-order chi connectivity index (χ0) is 11.4. The van der Waals surface area contributed by atoms with Crippen LogP contribution < -0.4 is 4.87 Å². The van der Waals surface area contributed by atoms with Crippen molar-refractivity contribution in [2.75, 3.05) is 0 Å². The predicted molar refractivity (Wildman–Crippen MR) is 69.1 cm³/mol. The van der Waals surface area contributed by atoms with Gasteiger partial charge < -0.3 is 0 Å². The lowest BCUT2D eigenvalue weighted by atomic mass is 10.1. The van der Waals surface area contributed by atoms with Gasteiger partial charge in [-0.15, -0.1) is 0 Å². The first-order valence-corrected chi connectivity index (χ1v) is 6.50. The van der Waals surface area contributed by atoms with Gasteiger partial charge in [-0.05, 0) is 30.5 Å². The summed E-state index contributed by atoms with van der Waals surface area (Å²) in [6, 6.07) is 6.30. The van der Waals surface area contributed by atoms with Crippen molar-refractivity contribution in [1.82, 2.24) is 4.98 Å². The van der Waals surface area contributed by atoms with E-state index in [0.29, 0.717) is 0 Å². The van der Waals surface area contributed by atoms with Gasteiger partial charge in [0.2, 0.25) is 0 Å². The largest absolute Gasteiger partial charge is 0.326 e. The zero-order valence-corrected chi connectivity index (χ0v) is 10.2. The molecule has 0 radical (unpaired) electrons. The van der Waals surface area contributed by atoms with Crippen molar-refractivity contribution in [3.63, 3.8) is 0 Å². The molecule has 2 rings (SSSR count). The maximum Gasteiger partial charge on any atom is 0.326 e. The van der Waals surface area contributed by atoms with Crippen molar-refractivity contribution in [3.05, 3.63) is 39.6 Å². The van der Waals surface area contributed by atoms with Gasteiger partial charge in [-0.1, -0.05) is 37.2 Å². The van der Waals surface area contributed by atoms with Crippen LogP contribution in [0.15, 0.2) is 29.2 Å². The summed E-state index contributed by atoms with van der Waals surface area (Å²) in [7, 11) is 0. The number of benzene rings is 1. The van der Waals surface area contributed by atoms with Crippen LogP contribution in [-0.2, 0) is 6.42 Å². The lowest BCUT2D eigenvalue weighted by Gasteiger charge is -2.02. The SMILES string of the molecule is CCCCCc1ccc2sc(=O)ncc2c1. The molecule has 0 aliphatic rings. The van der Waals surface area contributed by atoms with Crippen LogP contribution in [0.4, 0.5) is 0 Å². The molecule has 0 unspecified atom stereocenters. The molecule has 1 aromatic carbocycles. The molecule has 0 fully saturated rings. The van der Waals surface area contributed by atoms with Crippen molar-refractivity contribution in [2.45, 2.75) is 32.6 Å². The molecule has 16 heavy (non-hydrogen) atoms. The molecule has 1 aromatic heterocycles. The number of aryl methyl sites for hydroxylation is 1. The molecule has 0 aliphatic carbocycles. The van der Waals surface area contributed by atoms with Crippen LogP contribution in [0.25, 0.3) is 10.1 Å². The molecule has 84 valence electrons. The van der Waals surface area contributed by atoms with Crippen LogP contribution in [-0.4, -0.2) is 4.98 Å². The van der Waals surface area contributed by atoms with Crippen LogP contribution in [0.1, 0.15) is 31.7 Å². The molecule has 0 spiro atoms. The van der Waals surface area contributed by atoms with Crippen LogP contribution in [0.2, 0.25) is 0 Å². The predicted octanol–water partition coefficient (Wildman–Crippen LogP) is 3.39. The normalized spacial score (nSPS) is 10.8. The van der Waals surface area contributed by atoms with Gasteiger partial charge in [0, 0.05) is 16.3 Å². The van der Waals surface area contributed by atoms with Crippen molar-refractivity contribution < 1.29 is 0 Å². The molecule has 0 bridgehead atoms. The molecule has 0 saturated heterocycles. The summed E-state index contributed by atoms with van der Waals surface area (Å²) in [4.78, 5) is 14.8. The number of unbranched alkanes of at least 4 members (excludes halogenated alkanes) is 2. The number of aromatic nitrogens is 1. The molecule has 3 heteroatoms. The Labute approximate surface area is 99.0 Å². The molecule has 1 heterocycles. The van der Waals surface area contributed by atoms with E-state index in [4.69, 9.17) is 0 Å². The molecule has 2 aromatic rings. The van der Waals surface area contributed by atoms with E-state index in [0.717, 1.165) is 16.5 Å². The lowest BCUT2D eigenvalue weighted by molar-refractivity contribution is 0.718. The fraction of sp³-hybridized carbons (Fsp3) is 0.385. The Morgan fingerprint density at radius 3 is 3.00 bits per heavy atom. The smallest absolute Gasteiger partial charge is 0.255 e. The minimum atomic E-state index is -0.119. The highest BCUT2D eigenvalue weighted by molar-refractivity contribution is 7.15. The standard InChI is InChI=1S/C13H15NOS/c1-2-3-4-5-10-6-7-12-11(8-10)9-14-13(15)16-12/h6-9H,2-5H2,1H3. The number of hydrogen-bond acceptors (Lipinski definition) is 3. The summed E-state index contributed by atoms with van der Waals surface area (Å²) < 4.78 is 1.03. The average Bonchev–Trinajstić information content (AvgIpc) is 2.29. The van der Waals surface area contributed by atoms with E-state index in [1.54, 1.807) is 6.20 Å². The van der Waals surface area contributed by atoms with Crippen molar-refractivity contribution in [2.24, 2.45) is 0 Å². The summed E-state index contributed by atoms with van der Waals surface area (Å²) in [6.07, 6.45) is 6.55. The third-order valence-electron chi connectivity index (χ3n) is 2.65. The second kappa shape index (κ2) is 5.21. The Kier molecular flexibility index (Phi) is 3.67. The highest BCUT2D eigenvalue weighted by Crippen LogP contribution is 2.17. The molecular formula is C13H15NOS. The lowest BCUT2D eigenvalue weighted by Crippen LogP contribution is -1.97. The Bertz CT molecular complexity index is 533. The molecule has 0 N–H and O–H groups in total. The van der Waals surface area contributed by atoms with Gasteiger partial charge in [0.1, 0.15) is 0 Å².